The molecule has 2 N–H and O–H groups in total. The fraction of sp³-hybridized carbons (Fsp3) is 0.364. The molecule has 0 atom stereocenters. The number of imide groups is 1. The highest BCUT2D eigenvalue weighted by Crippen LogP contribution is 2.18. The van der Waals surface area contributed by atoms with E-state index in [1.807, 2.05) is 0 Å². The van der Waals surface area contributed by atoms with E-state index in [-0.39, 0.29) is 11.8 Å². The van der Waals surface area contributed by atoms with E-state index in [0.29, 0.717) is 9.76 Å². The molecule has 0 bridgehead atoms. The lowest BCUT2D eigenvalue weighted by molar-refractivity contribution is -0.645. The van der Waals surface area contributed by atoms with Crippen LogP contribution < -0.4 is 15.4 Å². The predicted octanol–water partition coefficient (Wildman–Crippen LogP) is 0.400. The molecule has 18 heavy (non-hydrogen) atoms. The number of nitrogens with zero attached hydrogens (tertiary/aromatic N) is 1. The summed E-state index contributed by atoms with van der Waals surface area (Å²) in [6.45, 7) is 0. The number of amides is 3. The number of aromatic nitrogens is 1. The molecule has 3 amide bonds. The number of hydrogen-bond acceptors (Lipinski definition) is 4. The Hall–Kier alpha value is -1.76. The summed E-state index contributed by atoms with van der Waals surface area (Å²) in [5.74, 6) is -0.383. The van der Waals surface area contributed by atoms with Crippen LogP contribution in [-0.4, -0.2) is 23.7 Å². The molecule has 0 spiro atoms. The third kappa shape index (κ3) is 3.92. The third-order valence-electron chi connectivity index (χ3n) is 2.31. The van der Waals surface area contributed by atoms with Crippen molar-refractivity contribution in [3.63, 3.8) is 0 Å². The second-order valence-corrected chi connectivity index (χ2v) is 4.94. The van der Waals surface area contributed by atoms with Crippen molar-refractivity contribution in [2.75, 3.05) is 5.75 Å². The molecular formula is C11H13N3O3S. The minimum Gasteiger partial charge on any atom is -0.618 e. The average molecular weight is 267 g/mol. The van der Waals surface area contributed by atoms with Crippen molar-refractivity contribution in [1.29, 1.82) is 0 Å². The highest BCUT2D eigenvalue weighted by molar-refractivity contribution is 7.99. The van der Waals surface area contributed by atoms with E-state index in [0.717, 1.165) is 24.6 Å². The number of pyridine rings is 1. The van der Waals surface area contributed by atoms with Crippen LogP contribution in [0.5, 0.6) is 0 Å². The van der Waals surface area contributed by atoms with E-state index >= 15 is 0 Å². The average Bonchev–Trinajstić information content (AvgIpc) is 3.11. The highest BCUT2D eigenvalue weighted by atomic mass is 32.2. The van der Waals surface area contributed by atoms with Crippen molar-refractivity contribution in [2.45, 2.75) is 23.9 Å². The van der Waals surface area contributed by atoms with Crippen LogP contribution in [0.25, 0.3) is 0 Å². The Morgan fingerprint density at radius 3 is 2.89 bits per heavy atom. The summed E-state index contributed by atoms with van der Waals surface area (Å²) >= 11 is 1.09. The van der Waals surface area contributed by atoms with E-state index in [4.69, 9.17) is 0 Å². The van der Waals surface area contributed by atoms with Gasteiger partial charge >= 0.3 is 6.03 Å². The summed E-state index contributed by atoms with van der Waals surface area (Å²) in [6.07, 6.45) is 3.30. The molecule has 0 aliphatic heterocycles. The Balaban J connectivity index is 1.74. The molecule has 1 aliphatic rings. The standard InChI is InChI=1S/C11H13N3O3S/c15-9(13-11(16)12-8-4-5-8)7-18-10-3-1-2-6-14(10)17/h1-3,6,8H,4-5,7H2,(H2,12,13,15,16). The van der Waals surface area contributed by atoms with Crippen LogP contribution in [0.3, 0.4) is 0 Å². The van der Waals surface area contributed by atoms with Crippen LogP contribution in [0.4, 0.5) is 4.79 Å². The van der Waals surface area contributed by atoms with E-state index in [1.165, 1.54) is 6.20 Å². The molecule has 1 aromatic heterocycles. The second-order valence-electron chi connectivity index (χ2n) is 3.95. The van der Waals surface area contributed by atoms with Gasteiger partial charge in [0.2, 0.25) is 5.91 Å². The molecule has 0 radical (unpaired) electrons. The first-order valence-electron chi connectivity index (χ1n) is 5.56. The van der Waals surface area contributed by atoms with Gasteiger partial charge in [-0.15, -0.1) is 0 Å². The van der Waals surface area contributed by atoms with Gasteiger partial charge in [-0.3, -0.25) is 10.1 Å². The van der Waals surface area contributed by atoms with Gasteiger partial charge in [-0.1, -0.05) is 0 Å². The zero-order valence-corrected chi connectivity index (χ0v) is 10.4. The molecule has 1 aromatic rings. The monoisotopic (exact) mass is 267 g/mol. The number of carbonyl (C=O) groups excluding carboxylic acids is 2. The summed E-state index contributed by atoms with van der Waals surface area (Å²) in [5.41, 5.74) is 0. The van der Waals surface area contributed by atoms with Crippen molar-refractivity contribution in [2.24, 2.45) is 0 Å². The Bertz CT molecular complexity index is 463. The first kappa shape index (κ1) is 12.7. The Morgan fingerprint density at radius 2 is 2.22 bits per heavy atom. The molecule has 0 aromatic carbocycles. The predicted molar refractivity (Wildman–Crippen MR) is 65.8 cm³/mol. The third-order valence-corrected chi connectivity index (χ3v) is 3.32. The van der Waals surface area contributed by atoms with Crippen LogP contribution in [0.1, 0.15) is 12.8 Å². The fourth-order valence-corrected chi connectivity index (χ4v) is 1.99. The molecular weight excluding hydrogens is 254 g/mol. The van der Waals surface area contributed by atoms with Crippen LogP contribution in [0, 0.1) is 5.21 Å². The van der Waals surface area contributed by atoms with E-state index in [1.54, 1.807) is 18.2 Å². The van der Waals surface area contributed by atoms with Gasteiger partial charge in [0.25, 0.3) is 5.03 Å². The molecule has 1 heterocycles. The summed E-state index contributed by atoms with van der Waals surface area (Å²) in [7, 11) is 0. The topological polar surface area (TPSA) is 85.1 Å². The van der Waals surface area contributed by atoms with Crippen LogP contribution in [0.15, 0.2) is 29.4 Å². The first-order chi connectivity index (χ1) is 8.65. The minimum atomic E-state index is -0.467. The number of rotatable bonds is 4. The Morgan fingerprint density at radius 1 is 1.44 bits per heavy atom. The molecule has 1 aliphatic carbocycles. The summed E-state index contributed by atoms with van der Waals surface area (Å²) < 4.78 is 0.683. The van der Waals surface area contributed by atoms with E-state index < -0.39 is 11.9 Å². The largest absolute Gasteiger partial charge is 0.618 e. The van der Waals surface area contributed by atoms with Crippen molar-refractivity contribution in [3.05, 3.63) is 29.6 Å². The lowest BCUT2D eigenvalue weighted by atomic mass is 10.5. The van der Waals surface area contributed by atoms with Crippen molar-refractivity contribution < 1.29 is 14.3 Å². The number of urea groups is 1. The number of nitrogens with one attached hydrogen (secondary N) is 2. The van der Waals surface area contributed by atoms with E-state index in [2.05, 4.69) is 10.6 Å². The van der Waals surface area contributed by atoms with Gasteiger partial charge in [-0.2, -0.15) is 4.73 Å². The maximum atomic E-state index is 11.4. The molecule has 1 saturated carbocycles. The number of thioether (sulfide) groups is 1. The molecule has 96 valence electrons. The molecule has 7 heteroatoms. The summed E-state index contributed by atoms with van der Waals surface area (Å²) in [5, 5.41) is 16.6. The van der Waals surface area contributed by atoms with E-state index in [9.17, 15) is 14.8 Å². The minimum absolute atomic E-state index is 0.0321. The van der Waals surface area contributed by atoms with Gasteiger partial charge in [0.15, 0.2) is 6.20 Å². The van der Waals surface area contributed by atoms with Gasteiger partial charge in [-0.25, -0.2) is 4.79 Å². The summed E-state index contributed by atoms with van der Waals surface area (Å²) in [6, 6.07) is 4.69. The smallest absolute Gasteiger partial charge is 0.321 e. The maximum absolute atomic E-state index is 11.4. The first-order valence-corrected chi connectivity index (χ1v) is 6.55. The zero-order valence-electron chi connectivity index (χ0n) is 9.59. The van der Waals surface area contributed by atoms with Crippen molar-refractivity contribution >= 4 is 23.7 Å². The van der Waals surface area contributed by atoms with Crippen LogP contribution >= 0.6 is 11.8 Å². The lowest BCUT2D eigenvalue weighted by Crippen LogP contribution is -2.41. The van der Waals surface area contributed by atoms with Crippen molar-refractivity contribution in [3.8, 4) is 0 Å². The van der Waals surface area contributed by atoms with Crippen molar-refractivity contribution in [1.82, 2.24) is 10.6 Å². The van der Waals surface area contributed by atoms with Gasteiger partial charge in [0.1, 0.15) is 0 Å². The molecule has 0 saturated heterocycles. The maximum Gasteiger partial charge on any atom is 0.321 e. The lowest BCUT2D eigenvalue weighted by Gasteiger charge is -2.05. The molecule has 1 fully saturated rings. The number of carbonyl (C=O) groups is 2. The molecule has 0 unspecified atom stereocenters. The number of hydrogen-bond donors (Lipinski definition) is 2. The SMILES string of the molecule is O=C(CSc1cccc[n+]1[O-])NC(=O)NC1CC1. The normalized spacial score (nSPS) is 14.0. The molecule has 2 rings (SSSR count). The highest BCUT2D eigenvalue weighted by Gasteiger charge is 2.23. The molecule has 6 nitrogen and oxygen atoms in total. The zero-order chi connectivity index (χ0) is 13.0. The second kappa shape index (κ2) is 5.72. The Labute approximate surface area is 108 Å². The van der Waals surface area contributed by atoms with Crippen LogP contribution in [-0.2, 0) is 4.79 Å². The fourth-order valence-electron chi connectivity index (χ4n) is 1.28. The van der Waals surface area contributed by atoms with Crippen LogP contribution in [0.2, 0.25) is 0 Å². The van der Waals surface area contributed by atoms with Gasteiger partial charge in [0.05, 0.1) is 5.75 Å². The van der Waals surface area contributed by atoms with Gasteiger partial charge in [0, 0.05) is 18.2 Å². The Kier molecular flexibility index (Phi) is 4.03. The summed E-state index contributed by atoms with van der Waals surface area (Å²) in [4.78, 5) is 22.7. The van der Waals surface area contributed by atoms with Gasteiger partial charge < -0.3 is 10.5 Å². The van der Waals surface area contributed by atoms with Gasteiger partial charge in [-0.05, 0) is 30.7 Å². The quantitative estimate of drug-likeness (QED) is 0.470.